The number of nitrogens with one attached hydrogen (secondary N) is 2. The van der Waals surface area contributed by atoms with Crippen LogP contribution in [0.4, 0.5) is 5.69 Å². The molecule has 0 radical (unpaired) electrons. The van der Waals surface area contributed by atoms with Crippen molar-refractivity contribution in [2.75, 3.05) is 5.32 Å². The van der Waals surface area contributed by atoms with Gasteiger partial charge in [-0.1, -0.05) is 32.0 Å². The lowest BCUT2D eigenvalue weighted by atomic mass is 10.0. The maximum Gasteiger partial charge on any atom is 0.308 e. The predicted molar refractivity (Wildman–Crippen MR) is 108 cm³/mol. The number of carbonyl (C=O) groups is 3. The summed E-state index contributed by atoms with van der Waals surface area (Å²) < 4.78 is 5.00. The van der Waals surface area contributed by atoms with Crippen LogP contribution in [0.5, 0.6) is 5.75 Å². The molecule has 0 aromatic heterocycles. The fourth-order valence-electron chi connectivity index (χ4n) is 2.81. The summed E-state index contributed by atoms with van der Waals surface area (Å²) in [5.41, 5.74) is 1.98. The van der Waals surface area contributed by atoms with Gasteiger partial charge in [0.1, 0.15) is 5.75 Å². The molecule has 0 fully saturated rings. The average molecular weight is 382 g/mol. The first kappa shape index (κ1) is 21.2. The lowest BCUT2D eigenvalue weighted by Crippen LogP contribution is -2.23. The first-order valence-corrected chi connectivity index (χ1v) is 9.39. The smallest absolute Gasteiger partial charge is 0.308 e. The molecule has 28 heavy (non-hydrogen) atoms. The fourth-order valence-corrected chi connectivity index (χ4v) is 2.81. The van der Waals surface area contributed by atoms with Crippen molar-refractivity contribution in [1.82, 2.24) is 5.32 Å². The highest BCUT2D eigenvalue weighted by Gasteiger charge is 2.14. The van der Waals surface area contributed by atoms with Crippen molar-refractivity contribution in [2.24, 2.45) is 5.92 Å². The lowest BCUT2D eigenvalue weighted by molar-refractivity contribution is -0.131. The number of amides is 2. The average Bonchev–Trinajstić information content (AvgIpc) is 2.67. The molecule has 0 unspecified atom stereocenters. The van der Waals surface area contributed by atoms with Crippen molar-refractivity contribution in [1.29, 1.82) is 0 Å². The summed E-state index contributed by atoms with van der Waals surface area (Å²) in [4.78, 5) is 35.6. The Hall–Kier alpha value is -3.15. The highest BCUT2D eigenvalue weighted by Crippen LogP contribution is 2.16. The first-order chi connectivity index (χ1) is 13.4. The third-order valence-electron chi connectivity index (χ3n) is 4.36. The Labute approximate surface area is 165 Å². The van der Waals surface area contributed by atoms with Crippen molar-refractivity contribution in [3.8, 4) is 5.75 Å². The van der Waals surface area contributed by atoms with Gasteiger partial charge in [-0.25, -0.2) is 0 Å². The fraction of sp³-hybridized carbons (Fsp3) is 0.318. The summed E-state index contributed by atoms with van der Waals surface area (Å²) in [5.74, 6) is -0.391. The van der Waals surface area contributed by atoms with Crippen molar-refractivity contribution in [2.45, 2.75) is 40.2 Å². The van der Waals surface area contributed by atoms with Gasteiger partial charge in [0.2, 0.25) is 5.91 Å². The third kappa shape index (κ3) is 6.23. The van der Waals surface area contributed by atoms with Gasteiger partial charge in [-0.15, -0.1) is 0 Å². The van der Waals surface area contributed by atoms with Crippen LogP contribution >= 0.6 is 0 Å². The van der Waals surface area contributed by atoms with Crippen molar-refractivity contribution in [3.63, 3.8) is 0 Å². The van der Waals surface area contributed by atoms with Gasteiger partial charge in [0.25, 0.3) is 5.91 Å². The summed E-state index contributed by atoms with van der Waals surface area (Å²) in [6, 6.07) is 13.8. The summed E-state index contributed by atoms with van der Waals surface area (Å²) in [5, 5.41) is 5.76. The van der Waals surface area contributed by atoms with Gasteiger partial charge >= 0.3 is 5.97 Å². The molecule has 2 amide bonds. The van der Waals surface area contributed by atoms with Gasteiger partial charge in [0.15, 0.2) is 0 Å². The Balaban J connectivity index is 1.98. The van der Waals surface area contributed by atoms with Crippen molar-refractivity contribution >= 4 is 23.5 Å². The molecule has 148 valence electrons. The quantitative estimate of drug-likeness (QED) is 0.535. The summed E-state index contributed by atoms with van der Waals surface area (Å²) in [6.07, 6.45) is 1.59. The largest absolute Gasteiger partial charge is 0.427 e. The zero-order valence-corrected chi connectivity index (χ0v) is 16.5. The van der Waals surface area contributed by atoms with E-state index in [1.165, 1.54) is 13.0 Å². The molecule has 0 atom stereocenters. The maximum atomic E-state index is 12.4. The molecule has 2 rings (SSSR count). The number of anilines is 1. The zero-order chi connectivity index (χ0) is 20.5. The summed E-state index contributed by atoms with van der Waals surface area (Å²) >= 11 is 0. The molecule has 2 aromatic rings. The number of benzene rings is 2. The Morgan fingerprint density at radius 1 is 1.00 bits per heavy atom. The lowest BCUT2D eigenvalue weighted by Gasteiger charge is -2.13. The molecule has 2 N–H and O–H groups in total. The van der Waals surface area contributed by atoms with Crippen molar-refractivity contribution < 1.29 is 19.1 Å². The van der Waals surface area contributed by atoms with Crippen LogP contribution in [0.2, 0.25) is 0 Å². The van der Waals surface area contributed by atoms with Gasteiger partial charge in [-0.05, 0) is 48.7 Å². The Kier molecular flexibility index (Phi) is 7.75. The molecule has 6 nitrogen and oxygen atoms in total. The molecule has 0 aliphatic heterocycles. The van der Waals surface area contributed by atoms with Crippen LogP contribution in [0.3, 0.4) is 0 Å². The van der Waals surface area contributed by atoms with Gasteiger partial charge in [0, 0.05) is 30.6 Å². The van der Waals surface area contributed by atoms with Gasteiger partial charge in [-0.3, -0.25) is 14.4 Å². The normalized spacial score (nSPS) is 10.4. The number of hydrogen-bond acceptors (Lipinski definition) is 4. The SMILES string of the molecule is CCC(CC)C(=O)Nc1cccc(CNC(=O)c2cccc(OC(C)=O)c2)c1. The standard InChI is InChI=1S/C22H26N2O4/c1-4-17(5-2)22(27)24-19-10-6-8-16(12-19)14-23-21(26)18-9-7-11-20(13-18)28-15(3)25/h6-13,17H,4-5,14H2,1-3H3,(H,23,26)(H,24,27). The molecular weight excluding hydrogens is 356 g/mol. The van der Waals surface area contributed by atoms with E-state index in [2.05, 4.69) is 10.6 Å². The van der Waals surface area contributed by atoms with Crippen LogP contribution in [0, 0.1) is 5.92 Å². The predicted octanol–water partition coefficient (Wildman–Crippen LogP) is 3.92. The number of ether oxygens (including phenoxy) is 1. The van der Waals surface area contributed by atoms with Gasteiger partial charge < -0.3 is 15.4 Å². The second-order valence-corrected chi connectivity index (χ2v) is 6.51. The molecule has 0 heterocycles. The Morgan fingerprint density at radius 2 is 1.71 bits per heavy atom. The van der Waals surface area contributed by atoms with Crippen LogP contribution in [0.1, 0.15) is 49.5 Å². The molecule has 0 bridgehead atoms. The summed E-state index contributed by atoms with van der Waals surface area (Å²) in [6.45, 7) is 5.61. The highest BCUT2D eigenvalue weighted by atomic mass is 16.5. The number of esters is 1. The first-order valence-electron chi connectivity index (χ1n) is 9.39. The Morgan fingerprint density at radius 3 is 2.39 bits per heavy atom. The second-order valence-electron chi connectivity index (χ2n) is 6.51. The molecule has 6 heteroatoms. The highest BCUT2D eigenvalue weighted by molar-refractivity contribution is 5.95. The van der Waals surface area contributed by atoms with Crippen LogP contribution < -0.4 is 15.4 Å². The van der Waals surface area contributed by atoms with E-state index in [4.69, 9.17) is 4.74 Å². The van der Waals surface area contributed by atoms with E-state index in [9.17, 15) is 14.4 Å². The van der Waals surface area contributed by atoms with E-state index in [0.717, 1.165) is 18.4 Å². The van der Waals surface area contributed by atoms with Crippen LogP contribution in [0.25, 0.3) is 0 Å². The number of rotatable bonds is 8. The summed E-state index contributed by atoms with van der Waals surface area (Å²) in [7, 11) is 0. The molecule has 0 saturated heterocycles. The van der Waals surface area contributed by atoms with Crippen LogP contribution in [-0.2, 0) is 16.1 Å². The van der Waals surface area contributed by atoms with E-state index in [0.29, 0.717) is 23.5 Å². The maximum absolute atomic E-state index is 12.4. The Bertz CT molecular complexity index is 844. The zero-order valence-electron chi connectivity index (χ0n) is 16.5. The topological polar surface area (TPSA) is 84.5 Å². The van der Waals surface area contributed by atoms with E-state index < -0.39 is 5.97 Å². The number of hydrogen-bond donors (Lipinski definition) is 2. The second kappa shape index (κ2) is 10.3. The van der Waals surface area contributed by atoms with Gasteiger partial charge in [0.05, 0.1) is 0 Å². The molecule has 0 spiro atoms. The molecule has 0 aliphatic rings. The molecular formula is C22H26N2O4. The number of carbonyl (C=O) groups excluding carboxylic acids is 3. The minimum Gasteiger partial charge on any atom is -0.427 e. The monoisotopic (exact) mass is 382 g/mol. The van der Waals surface area contributed by atoms with Gasteiger partial charge in [-0.2, -0.15) is 0 Å². The molecule has 0 aliphatic carbocycles. The van der Waals surface area contributed by atoms with E-state index in [1.54, 1.807) is 18.2 Å². The van der Waals surface area contributed by atoms with Crippen molar-refractivity contribution in [3.05, 3.63) is 59.7 Å². The van der Waals surface area contributed by atoms with E-state index in [1.807, 2.05) is 38.1 Å². The van der Waals surface area contributed by atoms with E-state index in [-0.39, 0.29) is 17.7 Å². The van der Waals surface area contributed by atoms with E-state index >= 15 is 0 Å². The minimum atomic E-state index is -0.440. The molecule has 2 aromatic carbocycles. The van der Waals surface area contributed by atoms with Crippen LogP contribution in [-0.4, -0.2) is 17.8 Å². The molecule has 0 saturated carbocycles. The minimum absolute atomic E-state index is 0.00661. The third-order valence-corrected chi connectivity index (χ3v) is 4.36. The van der Waals surface area contributed by atoms with Crippen LogP contribution in [0.15, 0.2) is 48.5 Å².